The standard InChI is InChI=1S/C21H26N6O.C2H6/c1-3-6-16(9-10-23-2)26-11-13-27(14-12-26)19-15-18(24-25-21(19)22)17-7-4-5-8-20(17)28;1-2/h3-10,15,28H,11-14H2,1-2H3,(H2,22,25);1-2H3/b6-3?,16-9+,23-10?;. The van der Waals surface area contributed by atoms with Gasteiger partial charge in [0.2, 0.25) is 0 Å². The first-order valence-electron chi connectivity index (χ1n) is 10.3. The summed E-state index contributed by atoms with van der Waals surface area (Å²) < 4.78 is 0. The highest BCUT2D eigenvalue weighted by atomic mass is 16.3. The van der Waals surface area contributed by atoms with E-state index in [1.54, 1.807) is 19.2 Å². The third-order valence-electron chi connectivity index (χ3n) is 4.70. The first-order valence-corrected chi connectivity index (χ1v) is 10.3. The Morgan fingerprint density at radius 1 is 1.13 bits per heavy atom. The molecule has 160 valence electrons. The lowest BCUT2D eigenvalue weighted by atomic mass is 10.1. The molecule has 3 N–H and O–H groups in total. The molecule has 1 aromatic heterocycles. The molecule has 2 aromatic rings. The van der Waals surface area contributed by atoms with Gasteiger partial charge in [0.15, 0.2) is 5.82 Å². The summed E-state index contributed by atoms with van der Waals surface area (Å²) in [6.45, 7) is 9.36. The lowest BCUT2D eigenvalue weighted by Crippen LogP contribution is -2.46. The van der Waals surface area contributed by atoms with Crippen LogP contribution in [-0.4, -0.2) is 59.6 Å². The molecule has 7 nitrogen and oxygen atoms in total. The molecule has 1 aromatic carbocycles. The van der Waals surface area contributed by atoms with Gasteiger partial charge in [-0.3, -0.25) is 4.99 Å². The quantitative estimate of drug-likeness (QED) is 0.578. The minimum Gasteiger partial charge on any atom is -0.507 e. The monoisotopic (exact) mass is 408 g/mol. The Morgan fingerprint density at radius 3 is 2.47 bits per heavy atom. The van der Waals surface area contributed by atoms with Crippen molar-refractivity contribution in [1.29, 1.82) is 0 Å². The van der Waals surface area contributed by atoms with E-state index in [0.29, 0.717) is 17.1 Å². The smallest absolute Gasteiger partial charge is 0.169 e. The van der Waals surface area contributed by atoms with Crippen molar-refractivity contribution < 1.29 is 5.11 Å². The van der Waals surface area contributed by atoms with Crippen LogP contribution in [0.3, 0.4) is 0 Å². The van der Waals surface area contributed by atoms with E-state index in [9.17, 15) is 5.11 Å². The Kier molecular flexibility index (Phi) is 8.87. The number of phenolic OH excluding ortho intramolecular Hbond substituents is 1. The van der Waals surface area contributed by atoms with Gasteiger partial charge in [-0.15, -0.1) is 10.2 Å². The second-order valence-corrected chi connectivity index (χ2v) is 6.49. The highest BCUT2D eigenvalue weighted by molar-refractivity contribution is 5.74. The van der Waals surface area contributed by atoms with Gasteiger partial charge in [-0.05, 0) is 37.3 Å². The Morgan fingerprint density at radius 2 is 1.83 bits per heavy atom. The zero-order chi connectivity index (χ0) is 21.9. The molecule has 1 fully saturated rings. The lowest BCUT2D eigenvalue weighted by Gasteiger charge is -2.38. The number of anilines is 2. The number of hydrogen-bond donors (Lipinski definition) is 2. The van der Waals surface area contributed by atoms with Crippen LogP contribution in [0.5, 0.6) is 5.75 Å². The molecule has 0 spiro atoms. The topological polar surface area (TPSA) is 90.9 Å². The van der Waals surface area contributed by atoms with Crippen molar-refractivity contribution in [2.24, 2.45) is 4.99 Å². The van der Waals surface area contributed by atoms with Gasteiger partial charge in [0, 0.05) is 50.7 Å². The van der Waals surface area contributed by atoms with Crippen LogP contribution in [0.4, 0.5) is 11.5 Å². The van der Waals surface area contributed by atoms with E-state index in [2.05, 4.69) is 31.1 Å². The zero-order valence-electron chi connectivity index (χ0n) is 18.3. The molecule has 7 heteroatoms. The number of rotatable bonds is 5. The van der Waals surface area contributed by atoms with Gasteiger partial charge in [0.1, 0.15) is 5.75 Å². The molecule has 0 unspecified atom stereocenters. The molecule has 0 amide bonds. The summed E-state index contributed by atoms with van der Waals surface area (Å²) in [5.41, 5.74) is 9.36. The minimum absolute atomic E-state index is 0.177. The number of aromatic hydroxyl groups is 1. The minimum atomic E-state index is 0.177. The summed E-state index contributed by atoms with van der Waals surface area (Å²) in [4.78, 5) is 8.59. The Balaban J connectivity index is 0.00000155. The molecule has 0 saturated carbocycles. The lowest BCUT2D eigenvalue weighted by molar-refractivity contribution is 0.331. The number of allylic oxidation sites excluding steroid dienone is 3. The molecule has 30 heavy (non-hydrogen) atoms. The predicted molar refractivity (Wildman–Crippen MR) is 126 cm³/mol. The SMILES string of the molecule is CC.CC=C/C(=C\C=NC)N1CCN(c2cc(-c3ccccc3O)nnc2N)CC1. The largest absolute Gasteiger partial charge is 0.507 e. The number of benzene rings is 1. The molecule has 0 bridgehead atoms. The van der Waals surface area contributed by atoms with Gasteiger partial charge in [-0.2, -0.15) is 0 Å². The van der Waals surface area contributed by atoms with Gasteiger partial charge >= 0.3 is 0 Å². The third-order valence-corrected chi connectivity index (χ3v) is 4.70. The van der Waals surface area contributed by atoms with Crippen LogP contribution in [0, 0.1) is 0 Å². The predicted octanol–water partition coefficient (Wildman–Crippen LogP) is 3.74. The normalized spacial score (nSPS) is 14.9. The molecule has 1 aliphatic heterocycles. The third kappa shape index (κ3) is 5.59. The van der Waals surface area contributed by atoms with Gasteiger partial charge in [-0.1, -0.05) is 32.1 Å². The maximum absolute atomic E-state index is 10.1. The maximum atomic E-state index is 10.1. The maximum Gasteiger partial charge on any atom is 0.169 e. The van der Waals surface area contributed by atoms with E-state index in [1.165, 1.54) is 0 Å². The number of nitrogens with two attached hydrogens (primary N) is 1. The fraction of sp³-hybridized carbons (Fsp3) is 0.348. The highest BCUT2D eigenvalue weighted by Crippen LogP contribution is 2.31. The van der Waals surface area contributed by atoms with Crippen molar-refractivity contribution in [2.45, 2.75) is 20.8 Å². The summed E-state index contributed by atoms with van der Waals surface area (Å²) in [5.74, 6) is 0.575. The average molecular weight is 409 g/mol. The van der Waals surface area contributed by atoms with Gasteiger partial charge in [-0.25, -0.2) is 0 Å². The van der Waals surface area contributed by atoms with E-state index >= 15 is 0 Å². The molecule has 1 aliphatic rings. The van der Waals surface area contributed by atoms with Crippen LogP contribution >= 0.6 is 0 Å². The van der Waals surface area contributed by atoms with Crippen molar-refractivity contribution in [3.8, 4) is 17.0 Å². The van der Waals surface area contributed by atoms with Crippen LogP contribution in [0.1, 0.15) is 20.8 Å². The summed E-state index contributed by atoms with van der Waals surface area (Å²) >= 11 is 0. The van der Waals surface area contributed by atoms with E-state index in [1.807, 2.05) is 57.3 Å². The number of phenols is 1. The van der Waals surface area contributed by atoms with Crippen molar-refractivity contribution >= 4 is 17.7 Å². The second kappa shape index (κ2) is 11.6. The average Bonchev–Trinajstić information content (AvgIpc) is 2.79. The zero-order valence-corrected chi connectivity index (χ0v) is 18.3. The van der Waals surface area contributed by atoms with E-state index < -0.39 is 0 Å². The molecule has 1 saturated heterocycles. The van der Waals surface area contributed by atoms with Crippen molar-refractivity contribution in [3.63, 3.8) is 0 Å². The van der Waals surface area contributed by atoms with Crippen molar-refractivity contribution in [2.75, 3.05) is 43.9 Å². The number of nitrogens with zero attached hydrogens (tertiary/aromatic N) is 5. The van der Waals surface area contributed by atoms with E-state index in [-0.39, 0.29) is 5.75 Å². The van der Waals surface area contributed by atoms with Crippen LogP contribution in [0.15, 0.2) is 59.2 Å². The van der Waals surface area contributed by atoms with Gasteiger partial charge < -0.3 is 20.6 Å². The van der Waals surface area contributed by atoms with Crippen molar-refractivity contribution in [3.05, 3.63) is 54.3 Å². The molecule has 0 radical (unpaired) electrons. The number of piperazine rings is 1. The summed E-state index contributed by atoms with van der Waals surface area (Å²) in [7, 11) is 1.77. The Labute approximate surface area is 179 Å². The van der Waals surface area contributed by atoms with E-state index in [0.717, 1.165) is 37.6 Å². The molecular formula is C23H32N6O. The molecular weight excluding hydrogens is 376 g/mol. The van der Waals surface area contributed by atoms with Crippen LogP contribution in [0.2, 0.25) is 0 Å². The molecule has 0 aliphatic carbocycles. The van der Waals surface area contributed by atoms with Crippen LogP contribution < -0.4 is 10.6 Å². The first kappa shape index (κ1) is 22.9. The van der Waals surface area contributed by atoms with E-state index in [4.69, 9.17) is 5.73 Å². The highest BCUT2D eigenvalue weighted by Gasteiger charge is 2.21. The number of nitrogen functional groups attached to an aromatic ring is 1. The summed E-state index contributed by atoms with van der Waals surface area (Å²) in [6, 6.07) is 9.00. The molecule has 0 atom stereocenters. The number of aromatic nitrogens is 2. The number of para-hydroxylation sites is 1. The number of aliphatic imine (C=N–C) groups is 1. The first-order chi connectivity index (χ1) is 14.6. The fourth-order valence-electron chi connectivity index (χ4n) is 3.26. The Bertz CT molecular complexity index is 898. The van der Waals surface area contributed by atoms with Crippen LogP contribution in [0.25, 0.3) is 11.3 Å². The molecule has 3 rings (SSSR count). The second-order valence-electron chi connectivity index (χ2n) is 6.49. The molecule has 2 heterocycles. The van der Waals surface area contributed by atoms with Crippen LogP contribution in [-0.2, 0) is 0 Å². The Hall–Kier alpha value is -3.35. The van der Waals surface area contributed by atoms with Gasteiger partial charge in [0.25, 0.3) is 0 Å². The number of hydrogen-bond acceptors (Lipinski definition) is 7. The summed E-state index contributed by atoms with van der Waals surface area (Å²) in [6.07, 6.45) is 7.96. The summed E-state index contributed by atoms with van der Waals surface area (Å²) in [5, 5.41) is 18.4. The fourth-order valence-corrected chi connectivity index (χ4v) is 3.26. The van der Waals surface area contributed by atoms with Crippen molar-refractivity contribution in [1.82, 2.24) is 15.1 Å². The van der Waals surface area contributed by atoms with Gasteiger partial charge in [0.05, 0.1) is 11.4 Å².